The molecule has 0 aliphatic carbocycles. The van der Waals surface area contributed by atoms with E-state index in [1.165, 1.54) is 44.9 Å². The zero-order valence-corrected chi connectivity index (χ0v) is 19.4. The summed E-state index contributed by atoms with van der Waals surface area (Å²) in [6.45, 7) is 2.71. The van der Waals surface area contributed by atoms with Crippen molar-refractivity contribution in [3.63, 3.8) is 0 Å². The van der Waals surface area contributed by atoms with Gasteiger partial charge in [0.15, 0.2) is 11.6 Å². The van der Waals surface area contributed by atoms with Crippen LogP contribution in [0.3, 0.4) is 0 Å². The van der Waals surface area contributed by atoms with E-state index in [9.17, 15) is 19.2 Å². The number of carboxylic acid groups (broad SMARTS) is 3. The Morgan fingerprint density at radius 1 is 0.788 bits per heavy atom. The van der Waals surface area contributed by atoms with Crippen LogP contribution in [0.2, 0.25) is 0 Å². The highest BCUT2D eigenvalue weighted by atomic mass is 16.4. The van der Waals surface area contributed by atoms with Crippen molar-refractivity contribution in [1.82, 2.24) is 0 Å². The third kappa shape index (κ3) is 19.5. The molecule has 0 spiro atoms. The average molecular weight is 477 g/mol. The Hall–Kier alpha value is -2.89. The van der Waals surface area contributed by atoms with Gasteiger partial charge >= 0.3 is 17.9 Å². The number of rotatable bonds is 18. The Kier molecular flexibility index (Phi) is 18.3. The van der Waals surface area contributed by atoms with Gasteiger partial charge < -0.3 is 37.6 Å². The molecule has 0 saturated heterocycles. The molecule has 1 unspecified atom stereocenters. The van der Waals surface area contributed by atoms with E-state index in [0.29, 0.717) is 13.0 Å². The fraction of sp³-hybridized carbons (Fsp3) is 0.762. The fourth-order valence-electron chi connectivity index (χ4n) is 3.02. The number of nitrogens with zero attached hydrogens (tertiary/aromatic N) is 1. The van der Waals surface area contributed by atoms with Crippen molar-refractivity contribution >= 4 is 29.8 Å². The zero-order chi connectivity index (χ0) is 25.9. The first-order valence-electron chi connectivity index (χ1n) is 11.1. The van der Waals surface area contributed by atoms with Gasteiger partial charge in [-0.3, -0.25) is 19.4 Å². The lowest BCUT2D eigenvalue weighted by Gasteiger charge is -2.18. The summed E-state index contributed by atoms with van der Waals surface area (Å²) < 4.78 is 0. The first kappa shape index (κ1) is 32.3. The van der Waals surface area contributed by atoms with E-state index in [0.717, 1.165) is 12.8 Å². The number of carbonyl (C=O) groups is 4. The molecule has 33 heavy (non-hydrogen) atoms. The molecule has 0 fully saturated rings. The number of aliphatic carboxylic acids is 3. The van der Waals surface area contributed by atoms with Gasteiger partial charge in [0.05, 0.1) is 12.8 Å². The number of guanidine groups is 1. The fourth-order valence-corrected chi connectivity index (χ4v) is 3.02. The summed E-state index contributed by atoms with van der Waals surface area (Å²) in [5.41, 5.74) is 13.2. The maximum atomic E-state index is 11.3. The van der Waals surface area contributed by atoms with E-state index >= 15 is 0 Å². The van der Waals surface area contributed by atoms with Gasteiger partial charge in [-0.05, 0) is 12.8 Å². The number of aliphatic imine (C=N–C) groups is 1. The van der Waals surface area contributed by atoms with E-state index in [-0.39, 0.29) is 17.8 Å². The van der Waals surface area contributed by atoms with Crippen LogP contribution in [0.25, 0.3) is 0 Å². The number of aliphatic hydroxyl groups is 1. The van der Waals surface area contributed by atoms with Gasteiger partial charge in [0.25, 0.3) is 0 Å². The number of hydrogen-bond donors (Lipinski definition) is 7. The smallest absolute Gasteiger partial charge is 0.336 e. The Balaban J connectivity index is 0. The lowest BCUT2D eigenvalue weighted by atomic mass is 9.96. The summed E-state index contributed by atoms with van der Waals surface area (Å²) in [5, 5.41) is 33.8. The van der Waals surface area contributed by atoms with Crippen LogP contribution in [-0.4, -0.2) is 62.3 Å². The van der Waals surface area contributed by atoms with Crippen LogP contribution in [0.5, 0.6) is 0 Å². The van der Waals surface area contributed by atoms with Crippen LogP contribution in [0.1, 0.15) is 84.0 Å². The molecule has 0 saturated carbocycles. The molecule has 1 amide bonds. The van der Waals surface area contributed by atoms with Crippen molar-refractivity contribution in [3.8, 4) is 0 Å². The maximum absolute atomic E-state index is 11.3. The van der Waals surface area contributed by atoms with Crippen LogP contribution in [0, 0.1) is 5.92 Å². The molecular formula is C21H40N4O8. The zero-order valence-electron chi connectivity index (χ0n) is 19.4. The predicted octanol–water partition coefficient (Wildman–Crippen LogP) is 1.03. The second kappa shape index (κ2) is 18.7. The van der Waals surface area contributed by atoms with E-state index in [1.807, 2.05) is 0 Å². The van der Waals surface area contributed by atoms with E-state index in [2.05, 4.69) is 11.9 Å². The number of hydrogen-bond acceptors (Lipinski definition) is 6. The van der Waals surface area contributed by atoms with E-state index in [4.69, 9.17) is 37.6 Å². The van der Waals surface area contributed by atoms with Gasteiger partial charge in [-0.15, -0.1) is 0 Å². The van der Waals surface area contributed by atoms with E-state index in [1.54, 1.807) is 0 Å². The van der Waals surface area contributed by atoms with Crippen LogP contribution >= 0.6 is 0 Å². The normalized spacial score (nSPS) is 11.6. The molecule has 0 aromatic carbocycles. The SMILES string of the molecule is CCCCCCCCCCC(CCN=C(N)N)C(N)=O.O=C(O)CC(O)(CC(=O)O)C(=O)O. The highest BCUT2D eigenvalue weighted by Gasteiger charge is 2.40. The van der Waals surface area contributed by atoms with Gasteiger partial charge in [0.1, 0.15) is 0 Å². The summed E-state index contributed by atoms with van der Waals surface area (Å²) in [4.78, 5) is 45.7. The average Bonchev–Trinajstić information content (AvgIpc) is 2.67. The van der Waals surface area contributed by atoms with Crippen LogP contribution in [-0.2, 0) is 19.2 Å². The van der Waals surface area contributed by atoms with E-state index < -0.39 is 36.4 Å². The molecule has 0 aromatic heterocycles. The molecule has 0 rings (SSSR count). The van der Waals surface area contributed by atoms with Gasteiger partial charge in [0.2, 0.25) is 5.91 Å². The molecule has 0 bridgehead atoms. The van der Waals surface area contributed by atoms with Crippen molar-refractivity contribution in [1.29, 1.82) is 0 Å². The molecular weight excluding hydrogens is 436 g/mol. The summed E-state index contributed by atoms with van der Waals surface area (Å²) in [6, 6.07) is 0. The molecule has 10 N–H and O–H groups in total. The molecule has 0 aliphatic heterocycles. The van der Waals surface area contributed by atoms with Crippen LogP contribution in [0.4, 0.5) is 0 Å². The summed E-state index contributed by atoms with van der Waals surface area (Å²) in [7, 11) is 0. The van der Waals surface area contributed by atoms with Gasteiger partial charge in [0, 0.05) is 12.5 Å². The minimum absolute atomic E-state index is 0.0697. The topological polar surface area (TPSA) is 240 Å². The number of carbonyl (C=O) groups excluding carboxylic acids is 1. The first-order valence-corrected chi connectivity index (χ1v) is 11.1. The lowest BCUT2D eigenvalue weighted by molar-refractivity contribution is -0.170. The van der Waals surface area contributed by atoms with Crippen LogP contribution < -0.4 is 17.2 Å². The Bertz CT molecular complexity index is 620. The number of amides is 1. The van der Waals surface area contributed by atoms with Gasteiger partial charge in [-0.25, -0.2) is 4.79 Å². The Labute approximate surface area is 194 Å². The Morgan fingerprint density at radius 3 is 1.61 bits per heavy atom. The highest BCUT2D eigenvalue weighted by molar-refractivity contribution is 5.88. The van der Waals surface area contributed by atoms with Crippen molar-refractivity contribution in [2.45, 2.75) is 89.6 Å². The number of primary amides is 1. The molecule has 1 atom stereocenters. The molecule has 192 valence electrons. The molecule has 0 heterocycles. The quantitative estimate of drug-likeness (QED) is 0.0841. The van der Waals surface area contributed by atoms with Crippen molar-refractivity contribution in [3.05, 3.63) is 0 Å². The summed E-state index contributed by atoms with van der Waals surface area (Å²) in [5.74, 6) is -5.29. The third-order valence-corrected chi connectivity index (χ3v) is 4.87. The first-order chi connectivity index (χ1) is 15.4. The maximum Gasteiger partial charge on any atom is 0.336 e. The Morgan fingerprint density at radius 2 is 1.24 bits per heavy atom. The minimum atomic E-state index is -2.74. The predicted molar refractivity (Wildman–Crippen MR) is 122 cm³/mol. The molecule has 0 aliphatic rings. The second-order valence-corrected chi connectivity index (χ2v) is 7.94. The van der Waals surface area contributed by atoms with Crippen LogP contribution in [0.15, 0.2) is 4.99 Å². The number of unbranched alkanes of at least 4 members (excludes halogenated alkanes) is 7. The summed E-state index contributed by atoms with van der Waals surface area (Å²) >= 11 is 0. The minimum Gasteiger partial charge on any atom is -0.481 e. The lowest BCUT2D eigenvalue weighted by Crippen LogP contribution is -2.42. The van der Waals surface area contributed by atoms with Gasteiger partial charge in [-0.2, -0.15) is 0 Å². The number of carboxylic acids is 3. The second-order valence-electron chi connectivity index (χ2n) is 7.94. The van der Waals surface area contributed by atoms with Crippen molar-refractivity contribution in [2.24, 2.45) is 28.1 Å². The summed E-state index contributed by atoms with van der Waals surface area (Å²) in [6.07, 6.45) is 9.30. The molecule has 0 radical (unpaired) electrons. The third-order valence-electron chi connectivity index (χ3n) is 4.87. The molecule has 12 heteroatoms. The van der Waals surface area contributed by atoms with Crippen molar-refractivity contribution in [2.75, 3.05) is 6.54 Å². The molecule has 12 nitrogen and oxygen atoms in total. The molecule has 0 aromatic rings. The largest absolute Gasteiger partial charge is 0.481 e. The van der Waals surface area contributed by atoms with Crippen molar-refractivity contribution < 1.29 is 39.6 Å². The number of nitrogens with two attached hydrogens (primary N) is 3. The standard InChI is InChI=1S/C15H32N4O.C6H8O7/c1-2-3-4-5-6-7-8-9-10-13(14(16)20)11-12-19-15(17)18;7-3(8)1-6(13,5(11)12)2-4(9)10/h13H,2-12H2,1H3,(H2,16,20)(H4,17,18,19);13H,1-2H2,(H,7,8)(H,9,10)(H,11,12). The van der Waals surface area contributed by atoms with Gasteiger partial charge in [-0.1, -0.05) is 58.3 Å². The monoisotopic (exact) mass is 476 g/mol. The highest BCUT2D eigenvalue weighted by Crippen LogP contribution is 2.16.